The number of nitriles is 1. The van der Waals surface area contributed by atoms with Crippen LogP contribution in [0.3, 0.4) is 0 Å². The lowest BCUT2D eigenvalue weighted by molar-refractivity contribution is -0.384. The maximum atomic E-state index is 12.7. The number of nitro groups is 1. The molecule has 0 N–H and O–H groups in total. The molecule has 0 amide bonds. The van der Waals surface area contributed by atoms with E-state index in [1.165, 1.54) is 31.4 Å². The van der Waals surface area contributed by atoms with E-state index >= 15 is 0 Å². The molecule has 0 fully saturated rings. The Morgan fingerprint density at radius 3 is 2.55 bits per heavy atom. The highest BCUT2D eigenvalue weighted by Crippen LogP contribution is 2.31. The van der Waals surface area contributed by atoms with Gasteiger partial charge < -0.3 is 9.47 Å². The number of hydrogen-bond donors (Lipinski definition) is 0. The van der Waals surface area contributed by atoms with Crippen molar-refractivity contribution in [3.8, 4) is 17.6 Å². The van der Waals surface area contributed by atoms with E-state index in [1.54, 1.807) is 36.4 Å². The zero-order chi connectivity index (χ0) is 24.0. The molecule has 0 radical (unpaired) electrons. The first-order valence-electron chi connectivity index (χ1n) is 9.48. The van der Waals surface area contributed by atoms with Crippen LogP contribution < -0.4 is 9.47 Å². The Morgan fingerprint density at radius 2 is 1.88 bits per heavy atom. The lowest BCUT2D eigenvalue weighted by Crippen LogP contribution is -2.03. The average molecular weight is 483 g/mol. The number of nitro benzene ring substituents is 1. The van der Waals surface area contributed by atoms with Crippen LogP contribution in [0.15, 0.2) is 66.2 Å². The maximum absolute atomic E-state index is 12.7. The van der Waals surface area contributed by atoms with E-state index in [-0.39, 0.29) is 23.4 Å². The topological polar surface area (TPSA) is 102 Å². The lowest BCUT2D eigenvalue weighted by Gasteiger charge is -2.12. The number of Topliss-reactive ketones (excluding diaryl/α,β-unsaturated/α-hetero) is 1. The highest BCUT2D eigenvalue weighted by Gasteiger charge is 2.16. The quantitative estimate of drug-likeness (QED) is 0.123. The minimum absolute atomic E-state index is 0.0468. The largest absolute Gasteiger partial charge is 0.493 e. The summed E-state index contributed by atoms with van der Waals surface area (Å²) < 4.78 is 11.2. The predicted molar refractivity (Wildman–Crippen MR) is 125 cm³/mol. The second-order valence-electron chi connectivity index (χ2n) is 6.75. The molecule has 3 rings (SSSR count). The number of rotatable bonds is 8. The van der Waals surface area contributed by atoms with Gasteiger partial charge in [-0.3, -0.25) is 14.9 Å². The summed E-state index contributed by atoms with van der Waals surface area (Å²) in [6, 6.07) is 17.2. The van der Waals surface area contributed by atoms with Gasteiger partial charge in [-0.2, -0.15) is 5.26 Å². The number of non-ortho nitro benzene ring substituents is 1. The Hall–Kier alpha value is -3.86. The van der Waals surface area contributed by atoms with Crippen LogP contribution in [0.1, 0.15) is 21.5 Å². The number of allylic oxidation sites excluding steroid dienone is 1. The minimum atomic E-state index is -0.625. The van der Waals surface area contributed by atoms with E-state index in [4.69, 9.17) is 32.7 Å². The van der Waals surface area contributed by atoms with Gasteiger partial charge in [0.15, 0.2) is 11.5 Å². The number of halogens is 2. The van der Waals surface area contributed by atoms with Crippen LogP contribution in [0.2, 0.25) is 10.0 Å². The van der Waals surface area contributed by atoms with E-state index in [9.17, 15) is 20.2 Å². The highest BCUT2D eigenvalue weighted by atomic mass is 35.5. The molecule has 7 nitrogen and oxygen atoms in total. The van der Waals surface area contributed by atoms with E-state index < -0.39 is 10.7 Å². The average Bonchev–Trinajstić information content (AvgIpc) is 2.83. The van der Waals surface area contributed by atoms with Gasteiger partial charge in [0.05, 0.1) is 22.1 Å². The summed E-state index contributed by atoms with van der Waals surface area (Å²) in [7, 11) is 1.47. The number of hydrogen-bond acceptors (Lipinski definition) is 6. The van der Waals surface area contributed by atoms with Crippen molar-refractivity contribution in [1.29, 1.82) is 5.26 Å². The van der Waals surface area contributed by atoms with Crippen LogP contribution >= 0.6 is 23.2 Å². The Morgan fingerprint density at radius 1 is 1.09 bits per heavy atom. The van der Waals surface area contributed by atoms with Crippen molar-refractivity contribution in [3.63, 3.8) is 0 Å². The monoisotopic (exact) mass is 482 g/mol. The number of ketones is 1. The summed E-state index contributed by atoms with van der Waals surface area (Å²) in [4.78, 5) is 23.1. The first kappa shape index (κ1) is 23.8. The first-order chi connectivity index (χ1) is 15.8. The van der Waals surface area contributed by atoms with E-state index in [1.807, 2.05) is 6.07 Å². The van der Waals surface area contributed by atoms with Gasteiger partial charge in [-0.15, -0.1) is 0 Å². The third-order valence-corrected chi connectivity index (χ3v) is 5.30. The summed E-state index contributed by atoms with van der Waals surface area (Å²) >= 11 is 11.9. The number of methoxy groups -OCH3 is 1. The van der Waals surface area contributed by atoms with Gasteiger partial charge in [-0.1, -0.05) is 47.5 Å². The Bertz CT molecular complexity index is 1300. The standard InChI is InChI=1S/C24H16Cl2N2O5/c1-32-23-11-15(6-8-22(23)33-14-16-5-7-20(25)21(26)10-16)9-18(13-27)24(29)17-3-2-4-19(12-17)28(30)31/h2-12H,14H2,1H3/b18-9+. The summed E-state index contributed by atoms with van der Waals surface area (Å²) in [5.41, 5.74) is 0.963. The molecule has 33 heavy (non-hydrogen) atoms. The fourth-order valence-electron chi connectivity index (χ4n) is 2.92. The van der Waals surface area contributed by atoms with Crippen molar-refractivity contribution in [3.05, 3.63) is 103 Å². The molecule has 0 saturated carbocycles. The predicted octanol–water partition coefficient (Wildman–Crippen LogP) is 6.28. The molecule has 3 aromatic carbocycles. The fourth-order valence-corrected chi connectivity index (χ4v) is 3.24. The third kappa shape index (κ3) is 5.89. The molecule has 0 heterocycles. The van der Waals surface area contributed by atoms with Crippen LogP contribution in [0.4, 0.5) is 5.69 Å². The summed E-state index contributed by atoms with van der Waals surface area (Å²) in [6.45, 7) is 0.219. The van der Waals surface area contributed by atoms with Gasteiger partial charge in [-0.05, 0) is 41.5 Å². The molecule has 0 saturated heterocycles. The van der Waals surface area contributed by atoms with Gasteiger partial charge >= 0.3 is 0 Å². The molecular formula is C24H16Cl2N2O5. The minimum Gasteiger partial charge on any atom is -0.493 e. The van der Waals surface area contributed by atoms with Crippen molar-refractivity contribution in [2.45, 2.75) is 6.61 Å². The maximum Gasteiger partial charge on any atom is 0.270 e. The molecule has 0 aliphatic carbocycles. The summed E-state index contributed by atoms with van der Waals surface area (Å²) in [6.07, 6.45) is 1.38. The van der Waals surface area contributed by atoms with Crippen LogP contribution in [0, 0.1) is 21.4 Å². The van der Waals surface area contributed by atoms with Gasteiger partial charge in [0.25, 0.3) is 5.69 Å². The molecule has 0 unspecified atom stereocenters. The molecule has 0 bridgehead atoms. The summed E-state index contributed by atoms with van der Waals surface area (Å²) in [5, 5.41) is 21.3. The highest BCUT2D eigenvalue weighted by molar-refractivity contribution is 6.42. The van der Waals surface area contributed by atoms with Crippen molar-refractivity contribution in [1.82, 2.24) is 0 Å². The van der Waals surface area contributed by atoms with Crippen molar-refractivity contribution < 1.29 is 19.2 Å². The van der Waals surface area contributed by atoms with Gasteiger partial charge in [0.1, 0.15) is 18.2 Å². The second-order valence-corrected chi connectivity index (χ2v) is 7.57. The van der Waals surface area contributed by atoms with E-state index in [2.05, 4.69) is 0 Å². The number of benzene rings is 3. The van der Waals surface area contributed by atoms with E-state index in [0.29, 0.717) is 27.1 Å². The fraction of sp³-hybridized carbons (Fsp3) is 0.0833. The molecule has 0 aromatic heterocycles. The first-order valence-corrected chi connectivity index (χ1v) is 10.2. The normalized spacial score (nSPS) is 10.9. The van der Waals surface area contributed by atoms with Crippen LogP contribution in [0.25, 0.3) is 6.08 Å². The van der Waals surface area contributed by atoms with Gasteiger partial charge in [0, 0.05) is 17.7 Å². The zero-order valence-electron chi connectivity index (χ0n) is 17.2. The summed E-state index contributed by atoms with van der Waals surface area (Å²) in [5.74, 6) is 0.216. The lowest BCUT2D eigenvalue weighted by atomic mass is 10.0. The Balaban J connectivity index is 1.82. The molecular weight excluding hydrogens is 467 g/mol. The van der Waals surface area contributed by atoms with Crippen molar-refractivity contribution in [2.75, 3.05) is 7.11 Å². The van der Waals surface area contributed by atoms with Crippen LogP contribution in [0.5, 0.6) is 11.5 Å². The number of carbonyl (C=O) groups is 1. The number of ether oxygens (including phenoxy) is 2. The van der Waals surface area contributed by atoms with E-state index in [0.717, 1.165) is 11.6 Å². The number of nitrogens with zero attached hydrogens (tertiary/aromatic N) is 2. The van der Waals surface area contributed by atoms with Crippen molar-refractivity contribution >= 4 is 40.7 Å². The number of carbonyl (C=O) groups excluding carboxylic acids is 1. The Labute approximate surface area is 199 Å². The second kappa shape index (κ2) is 10.6. The molecule has 0 atom stereocenters. The van der Waals surface area contributed by atoms with Crippen LogP contribution in [-0.2, 0) is 6.61 Å². The molecule has 3 aromatic rings. The smallest absolute Gasteiger partial charge is 0.270 e. The molecule has 166 valence electrons. The van der Waals surface area contributed by atoms with Gasteiger partial charge in [-0.25, -0.2) is 0 Å². The Kier molecular flexibility index (Phi) is 7.67. The SMILES string of the molecule is COc1cc(/C=C(\C#N)C(=O)c2cccc([N+](=O)[O-])c2)ccc1OCc1ccc(Cl)c(Cl)c1. The molecule has 9 heteroatoms. The third-order valence-electron chi connectivity index (χ3n) is 4.56. The molecule has 0 aliphatic heterocycles. The van der Waals surface area contributed by atoms with Gasteiger partial charge in [0.2, 0.25) is 5.78 Å². The van der Waals surface area contributed by atoms with Crippen LogP contribution in [-0.4, -0.2) is 17.8 Å². The van der Waals surface area contributed by atoms with Crippen molar-refractivity contribution in [2.24, 2.45) is 0 Å². The molecule has 0 aliphatic rings. The molecule has 0 spiro atoms. The zero-order valence-corrected chi connectivity index (χ0v) is 18.8.